The summed E-state index contributed by atoms with van der Waals surface area (Å²) in [5.74, 6) is 0. The lowest BCUT2D eigenvalue weighted by Crippen LogP contribution is -2.16. The van der Waals surface area contributed by atoms with Crippen LogP contribution in [0.4, 0.5) is 0 Å². The molecule has 0 spiro atoms. The second-order valence-electron chi connectivity index (χ2n) is 8.34. The normalized spacial score (nSPS) is 12.6. The Bertz CT molecular complexity index is 1330. The maximum absolute atomic E-state index is 2.44. The van der Waals surface area contributed by atoms with Crippen LogP contribution < -0.4 is 0 Å². The van der Waals surface area contributed by atoms with Crippen molar-refractivity contribution in [2.45, 2.75) is 32.6 Å². The Morgan fingerprint density at radius 2 is 1.44 bits per heavy atom. The summed E-state index contributed by atoms with van der Waals surface area (Å²) >= 11 is 0. The van der Waals surface area contributed by atoms with E-state index in [9.17, 15) is 0 Å². The van der Waals surface area contributed by atoms with Crippen molar-refractivity contribution in [3.63, 3.8) is 0 Å². The predicted octanol–water partition coefficient (Wildman–Crippen LogP) is 7.33. The smallest absolute Gasteiger partial charge is 0.0568 e. The van der Waals surface area contributed by atoms with Crippen LogP contribution in [0.15, 0.2) is 66.7 Å². The molecule has 1 heterocycles. The zero-order chi connectivity index (χ0) is 18.8. The Labute approximate surface area is 160 Å². The topological polar surface area (TPSA) is 4.93 Å². The van der Waals surface area contributed by atoms with Crippen molar-refractivity contribution in [1.82, 2.24) is 4.57 Å². The third kappa shape index (κ3) is 2.18. The average Bonchev–Trinajstić information content (AvgIpc) is 3.00. The highest BCUT2D eigenvalue weighted by molar-refractivity contribution is 6.25. The lowest BCUT2D eigenvalue weighted by molar-refractivity contribution is 0.511. The Morgan fingerprint density at radius 1 is 0.778 bits per heavy atom. The Morgan fingerprint density at radius 3 is 2.19 bits per heavy atom. The molecule has 4 aromatic carbocycles. The van der Waals surface area contributed by atoms with Gasteiger partial charge >= 0.3 is 0 Å². The summed E-state index contributed by atoms with van der Waals surface area (Å²) < 4.78 is 2.40. The van der Waals surface area contributed by atoms with Crippen LogP contribution in [0.3, 0.4) is 0 Å². The number of rotatable bonds is 2. The molecule has 1 nitrogen and oxygen atoms in total. The van der Waals surface area contributed by atoms with E-state index in [1.807, 2.05) is 0 Å². The molecule has 134 valence electrons. The number of fused-ring (bicyclic) bond motifs is 7. The Hall–Kier alpha value is -2.80. The summed E-state index contributed by atoms with van der Waals surface area (Å²) in [4.78, 5) is 0. The summed E-state index contributed by atoms with van der Waals surface area (Å²) in [7, 11) is 2.22. The molecule has 5 aromatic rings. The molecule has 0 unspecified atom stereocenters. The van der Waals surface area contributed by atoms with E-state index in [1.165, 1.54) is 48.9 Å². The second-order valence-corrected chi connectivity index (χ2v) is 8.34. The van der Waals surface area contributed by atoms with Gasteiger partial charge in [0.1, 0.15) is 0 Å². The van der Waals surface area contributed by atoms with E-state index in [4.69, 9.17) is 0 Å². The van der Waals surface area contributed by atoms with E-state index >= 15 is 0 Å². The van der Waals surface area contributed by atoms with E-state index in [0.29, 0.717) is 0 Å². The van der Waals surface area contributed by atoms with Gasteiger partial charge < -0.3 is 4.57 Å². The monoisotopic (exact) mass is 351 g/mol. The van der Waals surface area contributed by atoms with Gasteiger partial charge in [0.2, 0.25) is 0 Å². The third-order valence-corrected chi connectivity index (χ3v) is 6.50. The number of aryl methyl sites for hydroxylation is 1. The predicted molar refractivity (Wildman–Crippen MR) is 119 cm³/mol. The highest BCUT2D eigenvalue weighted by Gasteiger charge is 2.24. The van der Waals surface area contributed by atoms with Gasteiger partial charge in [-0.2, -0.15) is 0 Å². The highest BCUT2D eigenvalue weighted by Crippen LogP contribution is 2.42. The molecule has 0 saturated heterocycles. The number of benzene rings is 4. The van der Waals surface area contributed by atoms with Crippen LogP contribution >= 0.6 is 0 Å². The van der Waals surface area contributed by atoms with E-state index in [0.717, 1.165) is 6.42 Å². The van der Waals surface area contributed by atoms with Crippen LogP contribution in [0.2, 0.25) is 0 Å². The lowest BCUT2D eigenvalue weighted by Gasteiger charge is -2.26. The van der Waals surface area contributed by atoms with Crippen molar-refractivity contribution in [2.75, 3.05) is 0 Å². The summed E-state index contributed by atoms with van der Waals surface area (Å²) in [5, 5.41) is 8.11. The molecular formula is C26H25N. The summed E-state index contributed by atoms with van der Waals surface area (Å²) in [6.45, 7) is 7.01. The molecule has 5 rings (SSSR count). The molecule has 27 heavy (non-hydrogen) atoms. The van der Waals surface area contributed by atoms with Crippen molar-refractivity contribution < 1.29 is 0 Å². The number of nitrogens with zero attached hydrogens (tertiary/aromatic N) is 1. The molecule has 0 aliphatic carbocycles. The lowest BCUT2D eigenvalue weighted by atomic mass is 9.79. The molecule has 0 atom stereocenters. The van der Waals surface area contributed by atoms with E-state index in [-0.39, 0.29) is 5.41 Å². The molecule has 1 aromatic heterocycles. The zero-order valence-electron chi connectivity index (χ0n) is 16.5. The van der Waals surface area contributed by atoms with Crippen LogP contribution in [0.5, 0.6) is 0 Å². The number of hydrogen-bond acceptors (Lipinski definition) is 0. The maximum atomic E-state index is 2.44. The minimum Gasteiger partial charge on any atom is -0.343 e. The van der Waals surface area contributed by atoms with Gasteiger partial charge in [0.25, 0.3) is 0 Å². The molecule has 0 aliphatic heterocycles. The van der Waals surface area contributed by atoms with Gasteiger partial charge in [-0.25, -0.2) is 0 Å². The third-order valence-electron chi connectivity index (χ3n) is 6.50. The molecule has 0 saturated carbocycles. The first kappa shape index (κ1) is 16.4. The van der Waals surface area contributed by atoms with Crippen molar-refractivity contribution in [3.8, 4) is 0 Å². The molecule has 0 N–H and O–H groups in total. The standard InChI is InChI=1S/C26H25N/c1-5-26(2,3)22-16-23-24(20-13-9-8-12-19(20)22)21-15-14-17-10-6-7-11-18(17)25(21)27(23)4/h6-16H,5H2,1-4H3. The van der Waals surface area contributed by atoms with Crippen molar-refractivity contribution in [2.24, 2.45) is 7.05 Å². The molecule has 0 bridgehead atoms. The fraction of sp³-hybridized carbons (Fsp3) is 0.231. The SMILES string of the molecule is CCC(C)(C)c1cc2c(c3ccccc13)c1ccc3ccccc3c1n2C. The van der Waals surface area contributed by atoms with Crippen molar-refractivity contribution in [3.05, 3.63) is 72.3 Å². The number of aromatic nitrogens is 1. The van der Waals surface area contributed by atoms with Crippen LogP contribution in [0, 0.1) is 0 Å². The first-order chi connectivity index (χ1) is 13.0. The maximum Gasteiger partial charge on any atom is 0.0568 e. The quantitative estimate of drug-likeness (QED) is 0.314. The van der Waals surface area contributed by atoms with Crippen LogP contribution in [-0.4, -0.2) is 4.57 Å². The van der Waals surface area contributed by atoms with E-state index in [2.05, 4.69) is 99.1 Å². The van der Waals surface area contributed by atoms with Crippen LogP contribution in [0.1, 0.15) is 32.8 Å². The molecule has 0 radical (unpaired) electrons. The van der Waals surface area contributed by atoms with Gasteiger partial charge in [-0.05, 0) is 39.6 Å². The van der Waals surface area contributed by atoms with Gasteiger partial charge in [-0.3, -0.25) is 0 Å². The molecule has 0 amide bonds. The minimum atomic E-state index is 0.145. The van der Waals surface area contributed by atoms with Crippen LogP contribution in [-0.2, 0) is 12.5 Å². The zero-order valence-corrected chi connectivity index (χ0v) is 16.5. The van der Waals surface area contributed by atoms with Gasteiger partial charge in [0, 0.05) is 28.7 Å². The number of hydrogen-bond donors (Lipinski definition) is 0. The molecular weight excluding hydrogens is 326 g/mol. The summed E-state index contributed by atoms with van der Waals surface area (Å²) in [5.41, 5.74) is 4.26. The minimum absolute atomic E-state index is 0.145. The summed E-state index contributed by atoms with van der Waals surface area (Å²) in [6, 6.07) is 24.6. The summed E-state index contributed by atoms with van der Waals surface area (Å²) in [6.07, 6.45) is 1.12. The van der Waals surface area contributed by atoms with Gasteiger partial charge in [-0.15, -0.1) is 0 Å². The fourth-order valence-electron chi connectivity index (χ4n) is 4.60. The first-order valence-corrected chi connectivity index (χ1v) is 9.85. The van der Waals surface area contributed by atoms with Gasteiger partial charge in [0.15, 0.2) is 0 Å². The molecule has 0 aliphatic rings. The molecule has 0 fully saturated rings. The highest BCUT2D eigenvalue weighted by atomic mass is 14.9. The van der Waals surface area contributed by atoms with Crippen molar-refractivity contribution >= 4 is 43.4 Å². The van der Waals surface area contributed by atoms with Gasteiger partial charge in [-0.1, -0.05) is 81.4 Å². The van der Waals surface area contributed by atoms with E-state index in [1.54, 1.807) is 0 Å². The Kier molecular flexibility index (Phi) is 3.40. The largest absolute Gasteiger partial charge is 0.343 e. The van der Waals surface area contributed by atoms with Crippen molar-refractivity contribution in [1.29, 1.82) is 0 Å². The van der Waals surface area contributed by atoms with Gasteiger partial charge in [0.05, 0.1) is 5.52 Å². The molecule has 1 heteroatoms. The fourth-order valence-corrected chi connectivity index (χ4v) is 4.60. The first-order valence-electron chi connectivity index (χ1n) is 9.85. The van der Waals surface area contributed by atoms with E-state index < -0.39 is 0 Å². The Balaban J connectivity index is 2.08. The van der Waals surface area contributed by atoms with Crippen LogP contribution in [0.25, 0.3) is 43.4 Å². The second kappa shape index (κ2) is 5.60. The average molecular weight is 351 g/mol.